The third-order valence-corrected chi connectivity index (χ3v) is 7.08. The van der Waals surface area contributed by atoms with Gasteiger partial charge in [-0.15, -0.1) is 0 Å². The van der Waals surface area contributed by atoms with E-state index in [9.17, 15) is 44.1 Å². The molecular weight excluding hydrogens is 560 g/mol. The molecule has 0 unspecified atom stereocenters. The molecule has 2 bridgehead atoms. The molecule has 1 aliphatic heterocycles. The van der Waals surface area contributed by atoms with Crippen LogP contribution in [0.4, 0.5) is 0 Å². The predicted molar refractivity (Wildman–Crippen MR) is 140 cm³/mol. The number of hydrogen-bond acceptors (Lipinski definition) is 9. The van der Waals surface area contributed by atoms with E-state index in [1.54, 1.807) is 18.2 Å². The summed E-state index contributed by atoms with van der Waals surface area (Å²) in [5, 5.41) is 57.3. The van der Waals surface area contributed by atoms with Gasteiger partial charge in [-0.25, -0.2) is 4.98 Å². The molecule has 232 valence electrons. The predicted octanol–water partition coefficient (Wildman–Crippen LogP) is -0.626. The highest BCUT2D eigenvalue weighted by Gasteiger charge is 2.34. The summed E-state index contributed by atoms with van der Waals surface area (Å²) in [5.74, 6) is -7.42. The number of fused-ring (bicyclic) bond motifs is 2. The van der Waals surface area contributed by atoms with E-state index in [4.69, 9.17) is 15.3 Å². The maximum atomic E-state index is 12.2. The molecule has 0 radical (unpaired) electrons. The monoisotopic (exact) mass is 597 g/mol. The molecule has 0 aliphatic carbocycles. The van der Waals surface area contributed by atoms with Crippen molar-refractivity contribution in [3.8, 4) is 0 Å². The summed E-state index contributed by atoms with van der Waals surface area (Å²) >= 11 is 0. The SMILES string of the molecule is O=C(O)CC[C@@H](C(=O)O)N1CCN([C@@H](CCC(=O)O)C(=O)O)Cc2cccc([nH+]2)CN([C@@H](CCC(=O)O)C(=O)O)CC1. The number of aliphatic carboxylic acids is 6. The first kappa shape index (κ1) is 34.1. The Labute approximate surface area is 240 Å². The van der Waals surface area contributed by atoms with Gasteiger partial charge in [-0.2, -0.15) is 0 Å². The normalized spacial score (nSPS) is 17.6. The van der Waals surface area contributed by atoms with E-state index >= 15 is 0 Å². The summed E-state index contributed by atoms with van der Waals surface area (Å²) in [4.78, 5) is 77.8. The Morgan fingerprint density at radius 2 is 0.881 bits per heavy atom. The third kappa shape index (κ3) is 11.0. The molecule has 1 aromatic rings. The molecule has 0 spiro atoms. The highest BCUT2D eigenvalue weighted by molar-refractivity contribution is 5.76. The topological polar surface area (TPSA) is 248 Å². The van der Waals surface area contributed by atoms with Crippen LogP contribution in [-0.2, 0) is 41.9 Å². The lowest BCUT2D eigenvalue weighted by atomic mass is 10.1. The Balaban J connectivity index is 2.55. The number of nitrogens with zero attached hydrogens (tertiary/aromatic N) is 3. The van der Waals surface area contributed by atoms with Gasteiger partial charge in [0.15, 0.2) is 11.4 Å². The van der Waals surface area contributed by atoms with E-state index < -0.39 is 73.2 Å². The summed E-state index contributed by atoms with van der Waals surface area (Å²) < 4.78 is 0. The second-order valence-corrected chi connectivity index (χ2v) is 10.0. The number of aromatic amines is 1. The van der Waals surface area contributed by atoms with E-state index in [1.807, 2.05) is 0 Å². The fourth-order valence-electron chi connectivity index (χ4n) is 4.99. The van der Waals surface area contributed by atoms with Crippen molar-refractivity contribution >= 4 is 35.8 Å². The van der Waals surface area contributed by atoms with Crippen molar-refractivity contribution in [3.63, 3.8) is 0 Å². The molecule has 3 atom stereocenters. The first-order valence-electron chi connectivity index (χ1n) is 13.3. The highest BCUT2D eigenvalue weighted by atomic mass is 16.4. The lowest BCUT2D eigenvalue weighted by molar-refractivity contribution is -0.407. The molecule has 7 N–H and O–H groups in total. The number of H-pyrrole nitrogens is 1. The van der Waals surface area contributed by atoms with Gasteiger partial charge in [0.05, 0.1) is 13.1 Å². The molecule has 16 nitrogen and oxygen atoms in total. The third-order valence-electron chi connectivity index (χ3n) is 7.08. The summed E-state index contributed by atoms with van der Waals surface area (Å²) in [7, 11) is 0. The largest absolute Gasteiger partial charge is 0.481 e. The molecule has 0 saturated carbocycles. The minimum atomic E-state index is -1.32. The van der Waals surface area contributed by atoms with Crippen LogP contribution in [0.15, 0.2) is 18.2 Å². The van der Waals surface area contributed by atoms with Crippen LogP contribution in [0, 0.1) is 0 Å². The van der Waals surface area contributed by atoms with Crippen molar-refractivity contribution in [2.45, 2.75) is 69.7 Å². The standard InChI is InChI=1S/C26H36N4O12/c31-21(32)7-4-18(24(37)38)28-10-12-29(19(25(39)40)5-8-22(33)34)14-16-2-1-3-17(27-16)15-30(13-11-28)20(26(41)42)6-9-23(35)36/h1-3,18-20H,4-15H2,(H,31,32)(H,33,34)(H,35,36)(H,37,38)(H,39,40)(H,41,42)/p+1/t18-,19-,20-/m0/s1. The Kier molecular flexibility index (Phi) is 13.2. The van der Waals surface area contributed by atoms with E-state index in [-0.39, 0.29) is 58.5 Å². The van der Waals surface area contributed by atoms with Crippen LogP contribution in [0.5, 0.6) is 0 Å². The smallest absolute Gasteiger partial charge is 0.320 e. The molecule has 0 saturated heterocycles. The Hall–Kier alpha value is -4.15. The van der Waals surface area contributed by atoms with E-state index in [2.05, 4.69) is 4.98 Å². The number of carbonyl (C=O) groups is 6. The molecule has 0 amide bonds. The van der Waals surface area contributed by atoms with E-state index in [1.165, 1.54) is 14.7 Å². The first-order valence-corrected chi connectivity index (χ1v) is 13.3. The zero-order valence-corrected chi connectivity index (χ0v) is 22.9. The van der Waals surface area contributed by atoms with Gasteiger partial charge < -0.3 is 30.6 Å². The van der Waals surface area contributed by atoms with Crippen molar-refractivity contribution in [1.82, 2.24) is 14.7 Å². The van der Waals surface area contributed by atoms with Gasteiger partial charge in [-0.05, 0) is 25.3 Å². The van der Waals surface area contributed by atoms with E-state index in [0.29, 0.717) is 11.4 Å². The van der Waals surface area contributed by atoms with Crippen molar-refractivity contribution < 1.29 is 64.4 Å². The number of hydrogen-bond donors (Lipinski definition) is 6. The summed E-state index contributed by atoms with van der Waals surface area (Å²) in [6.07, 6.45) is -2.02. The van der Waals surface area contributed by atoms with Crippen LogP contribution in [0.1, 0.15) is 49.9 Å². The van der Waals surface area contributed by atoms with E-state index in [0.717, 1.165) is 0 Å². The van der Waals surface area contributed by atoms with Crippen LogP contribution < -0.4 is 4.98 Å². The van der Waals surface area contributed by atoms with Crippen LogP contribution >= 0.6 is 0 Å². The second-order valence-electron chi connectivity index (χ2n) is 10.0. The van der Waals surface area contributed by atoms with Gasteiger partial charge in [0.25, 0.3) is 0 Å². The first-order chi connectivity index (χ1) is 19.8. The van der Waals surface area contributed by atoms with Crippen molar-refractivity contribution in [3.05, 3.63) is 29.6 Å². The molecule has 42 heavy (non-hydrogen) atoms. The minimum absolute atomic E-state index is 0.00645. The molecule has 1 aromatic heterocycles. The second kappa shape index (κ2) is 16.3. The Morgan fingerprint density at radius 3 is 1.19 bits per heavy atom. The molecular formula is C26H37N4O12+. The minimum Gasteiger partial charge on any atom is -0.481 e. The fraction of sp³-hybridized carbons (Fsp3) is 0.577. The van der Waals surface area contributed by atoms with Gasteiger partial charge in [-0.1, -0.05) is 0 Å². The molecule has 2 rings (SSSR count). The Bertz CT molecular complexity index is 1080. The van der Waals surface area contributed by atoms with Crippen molar-refractivity contribution in [1.29, 1.82) is 0 Å². The number of rotatable bonds is 15. The lowest BCUT2D eigenvalue weighted by Crippen LogP contribution is -2.53. The van der Waals surface area contributed by atoms with Crippen LogP contribution in [0.25, 0.3) is 0 Å². The van der Waals surface area contributed by atoms with Crippen molar-refractivity contribution in [2.75, 3.05) is 26.2 Å². The van der Waals surface area contributed by atoms with Gasteiger partial charge >= 0.3 is 35.8 Å². The fourth-order valence-corrected chi connectivity index (χ4v) is 4.99. The zero-order chi connectivity index (χ0) is 31.4. The van der Waals surface area contributed by atoms with Gasteiger partial charge in [0.2, 0.25) is 0 Å². The van der Waals surface area contributed by atoms with Gasteiger partial charge in [0, 0.05) is 57.6 Å². The van der Waals surface area contributed by atoms with Gasteiger partial charge in [-0.3, -0.25) is 43.5 Å². The average molecular weight is 598 g/mol. The molecule has 0 fully saturated rings. The molecule has 16 heteroatoms. The highest BCUT2D eigenvalue weighted by Crippen LogP contribution is 2.18. The molecule has 0 aromatic carbocycles. The molecule has 2 heterocycles. The number of aromatic nitrogens is 1. The number of carboxylic acids is 6. The zero-order valence-electron chi connectivity index (χ0n) is 22.9. The summed E-state index contributed by atoms with van der Waals surface area (Å²) in [6, 6.07) is 1.27. The summed E-state index contributed by atoms with van der Waals surface area (Å²) in [5.41, 5.74) is 1.05. The maximum Gasteiger partial charge on any atom is 0.320 e. The quantitative estimate of drug-likeness (QED) is 0.147. The van der Waals surface area contributed by atoms with Gasteiger partial charge in [0.1, 0.15) is 18.1 Å². The lowest BCUT2D eigenvalue weighted by Gasteiger charge is -2.36. The van der Waals surface area contributed by atoms with Crippen LogP contribution in [-0.4, -0.2) is 125 Å². The Morgan fingerprint density at radius 1 is 0.571 bits per heavy atom. The number of pyridine rings is 1. The van der Waals surface area contributed by atoms with Crippen molar-refractivity contribution in [2.24, 2.45) is 0 Å². The average Bonchev–Trinajstić information content (AvgIpc) is 2.87. The summed E-state index contributed by atoms with van der Waals surface area (Å²) in [6.45, 7) is -0.180. The number of nitrogens with one attached hydrogen (secondary N) is 1. The van der Waals surface area contributed by atoms with Crippen LogP contribution in [0.3, 0.4) is 0 Å². The molecule has 1 aliphatic rings. The van der Waals surface area contributed by atoms with Crippen LogP contribution in [0.2, 0.25) is 0 Å². The number of carboxylic acid groups (broad SMARTS) is 6. The maximum absolute atomic E-state index is 12.2.